The van der Waals surface area contributed by atoms with Crippen molar-refractivity contribution in [2.75, 3.05) is 25.0 Å². The molecule has 5 nitrogen and oxygen atoms in total. The summed E-state index contributed by atoms with van der Waals surface area (Å²) in [6.07, 6.45) is 1.66. The van der Waals surface area contributed by atoms with E-state index in [9.17, 15) is 9.59 Å². The van der Waals surface area contributed by atoms with Gasteiger partial charge in [0.15, 0.2) is 0 Å². The number of carbonyl (C=O) groups excluding carboxylic acids is 2. The van der Waals surface area contributed by atoms with E-state index >= 15 is 0 Å². The first-order valence-corrected chi connectivity index (χ1v) is 7.81. The van der Waals surface area contributed by atoms with Gasteiger partial charge in [0.05, 0.1) is 6.54 Å². The normalized spacial score (nSPS) is 15.5. The number of aryl methyl sites for hydroxylation is 2. The predicted octanol–water partition coefficient (Wildman–Crippen LogP) is 1.84. The van der Waals surface area contributed by atoms with E-state index in [0.29, 0.717) is 0 Å². The molecule has 0 aliphatic carbocycles. The summed E-state index contributed by atoms with van der Waals surface area (Å²) in [5, 5.41) is 6.20. The number of anilines is 1. The number of rotatable bonds is 4. The van der Waals surface area contributed by atoms with Crippen LogP contribution < -0.4 is 10.6 Å². The molecule has 120 valence electrons. The van der Waals surface area contributed by atoms with Gasteiger partial charge in [0.25, 0.3) is 0 Å². The molecular formula is C17H25N3O2. The van der Waals surface area contributed by atoms with E-state index in [-0.39, 0.29) is 24.4 Å². The molecule has 0 atom stereocenters. The van der Waals surface area contributed by atoms with Crippen LogP contribution in [0.15, 0.2) is 18.2 Å². The van der Waals surface area contributed by atoms with Crippen LogP contribution in [0.4, 0.5) is 5.69 Å². The van der Waals surface area contributed by atoms with Crippen LogP contribution in [0.2, 0.25) is 0 Å². The van der Waals surface area contributed by atoms with Crippen molar-refractivity contribution in [1.82, 2.24) is 10.2 Å². The summed E-state index contributed by atoms with van der Waals surface area (Å²) in [7, 11) is 0. The molecule has 1 fully saturated rings. The summed E-state index contributed by atoms with van der Waals surface area (Å²) in [5.41, 5.74) is 3.33. The van der Waals surface area contributed by atoms with Crippen LogP contribution >= 0.6 is 0 Å². The average molecular weight is 303 g/mol. The molecule has 0 bridgehead atoms. The summed E-state index contributed by atoms with van der Waals surface area (Å²) in [6.45, 7) is 7.40. The lowest BCUT2D eigenvalue weighted by Gasteiger charge is -2.31. The van der Waals surface area contributed by atoms with Crippen molar-refractivity contribution in [3.05, 3.63) is 29.3 Å². The number of nitrogens with one attached hydrogen (secondary N) is 2. The molecular weight excluding hydrogens is 278 g/mol. The van der Waals surface area contributed by atoms with Crippen molar-refractivity contribution in [2.45, 2.75) is 39.7 Å². The summed E-state index contributed by atoms with van der Waals surface area (Å²) in [5.74, 6) is 0.113. The molecule has 1 aromatic rings. The molecule has 0 saturated carbocycles. The van der Waals surface area contributed by atoms with Crippen LogP contribution in [0.25, 0.3) is 0 Å². The Morgan fingerprint density at radius 1 is 1.14 bits per heavy atom. The van der Waals surface area contributed by atoms with Gasteiger partial charge in [-0.2, -0.15) is 0 Å². The van der Waals surface area contributed by atoms with Crippen LogP contribution in [0.3, 0.4) is 0 Å². The number of benzene rings is 1. The minimum absolute atomic E-state index is 0.000402. The molecule has 1 aromatic carbocycles. The fourth-order valence-corrected chi connectivity index (χ4v) is 2.88. The van der Waals surface area contributed by atoms with Gasteiger partial charge in [-0.3, -0.25) is 9.59 Å². The monoisotopic (exact) mass is 303 g/mol. The molecule has 1 aliphatic heterocycles. The molecule has 1 saturated heterocycles. The van der Waals surface area contributed by atoms with Crippen molar-refractivity contribution in [1.29, 1.82) is 0 Å². The van der Waals surface area contributed by atoms with Gasteiger partial charge in [-0.15, -0.1) is 0 Å². The Kier molecular flexibility index (Phi) is 5.41. The summed E-state index contributed by atoms with van der Waals surface area (Å²) >= 11 is 0. The molecule has 2 N–H and O–H groups in total. The van der Waals surface area contributed by atoms with Crippen molar-refractivity contribution in [2.24, 2.45) is 0 Å². The molecule has 0 radical (unpaired) electrons. The average Bonchev–Trinajstić information content (AvgIpc) is 2.45. The van der Waals surface area contributed by atoms with Crippen LogP contribution in [0.5, 0.6) is 0 Å². The number of hydrogen-bond donors (Lipinski definition) is 2. The van der Waals surface area contributed by atoms with E-state index < -0.39 is 0 Å². The Labute approximate surface area is 132 Å². The van der Waals surface area contributed by atoms with Gasteiger partial charge >= 0.3 is 0 Å². The highest BCUT2D eigenvalue weighted by molar-refractivity contribution is 5.81. The van der Waals surface area contributed by atoms with E-state index in [1.54, 1.807) is 6.92 Å². The minimum Gasteiger partial charge on any atom is -0.376 e. The molecule has 0 aromatic heterocycles. The number of carbonyl (C=O) groups is 2. The van der Waals surface area contributed by atoms with Gasteiger partial charge in [0.1, 0.15) is 0 Å². The Hall–Kier alpha value is -2.04. The molecule has 22 heavy (non-hydrogen) atoms. The maximum Gasteiger partial charge on any atom is 0.239 e. The van der Waals surface area contributed by atoms with Gasteiger partial charge in [0.2, 0.25) is 11.8 Å². The smallest absolute Gasteiger partial charge is 0.239 e. The Bertz CT molecular complexity index is 529. The standard InChI is InChI=1S/C17H25N3O2/c1-12-8-13(2)10-16(9-12)18-11-17(22)19-15-4-6-20(7-5-15)14(3)21/h8-10,15,18H,4-7,11H2,1-3H3,(H,19,22). The zero-order valence-corrected chi connectivity index (χ0v) is 13.6. The zero-order chi connectivity index (χ0) is 16.1. The third kappa shape index (κ3) is 4.76. The lowest BCUT2D eigenvalue weighted by Crippen LogP contribution is -2.47. The highest BCUT2D eigenvalue weighted by Crippen LogP contribution is 2.13. The largest absolute Gasteiger partial charge is 0.376 e. The lowest BCUT2D eigenvalue weighted by atomic mass is 10.1. The van der Waals surface area contributed by atoms with Crippen molar-refractivity contribution in [3.63, 3.8) is 0 Å². The minimum atomic E-state index is 0.000402. The number of piperidine rings is 1. The fraction of sp³-hybridized carbons (Fsp3) is 0.529. The molecule has 0 spiro atoms. The van der Waals surface area contributed by atoms with E-state index in [1.165, 1.54) is 11.1 Å². The number of hydrogen-bond acceptors (Lipinski definition) is 3. The van der Waals surface area contributed by atoms with E-state index in [0.717, 1.165) is 31.6 Å². The summed E-state index contributed by atoms with van der Waals surface area (Å²) < 4.78 is 0. The van der Waals surface area contributed by atoms with Crippen molar-refractivity contribution < 1.29 is 9.59 Å². The number of likely N-dealkylation sites (tertiary alicyclic amines) is 1. The van der Waals surface area contributed by atoms with Gasteiger partial charge in [-0.05, 0) is 49.9 Å². The quantitative estimate of drug-likeness (QED) is 0.892. The second-order valence-electron chi connectivity index (χ2n) is 6.08. The van der Waals surface area contributed by atoms with E-state index in [2.05, 4.69) is 16.7 Å². The Balaban J connectivity index is 1.75. The topological polar surface area (TPSA) is 61.4 Å². The Morgan fingerprint density at radius 3 is 2.27 bits per heavy atom. The van der Waals surface area contributed by atoms with Crippen LogP contribution in [-0.2, 0) is 9.59 Å². The van der Waals surface area contributed by atoms with Crippen molar-refractivity contribution in [3.8, 4) is 0 Å². The van der Waals surface area contributed by atoms with Gasteiger partial charge in [0, 0.05) is 31.7 Å². The Morgan fingerprint density at radius 2 is 1.73 bits per heavy atom. The maximum atomic E-state index is 12.0. The lowest BCUT2D eigenvalue weighted by molar-refractivity contribution is -0.130. The molecule has 2 amide bonds. The van der Waals surface area contributed by atoms with Crippen LogP contribution in [0.1, 0.15) is 30.9 Å². The maximum absolute atomic E-state index is 12.0. The van der Waals surface area contributed by atoms with Crippen molar-refractivity contribution >= 4 is 17.5 Å². The molecule has 1 heterocycles. The second-order valence-corrected chi connectivity index (χ2v) is 6.08. The SMILES string of the molecule is CC(=O)N1CCC(NC(=O)CNc2cc(C)cc(C)c2)CC1. The first-order chi connectivity index (χ1) is 10.4. The molecule has 1 aliphatic rings. The number of nitrogens with zero attached hydrogens (tertiary/aromatic N) is 1. The predicted molar refractivity (Wildman–Crippen MR) is 87.8 cm³/mol. The third-order valence-corrected chi connectivity index (χ3v) is 3.98. The zero-order valence-electron chi connectivity index (χ0n) is 13.6. The van der Waals surface area contributed by atoms with Crippen LogP contribution in [-0.4, -0.2) is 42.4 Å². The first-order valence-electron chi connectivity index (χ1n) is 7.81. The molecule has 5 heteroatoms. The third-order valence-electron chi connectivity index (χ3n) is 3.98. The van der Waals surface area contributed by atoms with E-state index in [4.69, 9.17) is 0 Å². The summed E-state index contributed by atoms with van der Waals surface area (Å²) in [6, 6.07) is 6.34. The van der Waals surface area contributed by atoms with Gasteiger partial charge in [-0.25, -0.2) is 0 Å². The van der Waals surface area contributed by atoms with Gasteiger partial charge in [-0.1, -0.05) is 6.07 Å². The molecule has 2 rings (SSSR count). The summed E-state index contributed by atoms with van der Waals surface area (Å²) in [4.78, 5) is 25.1. The highest BCUT2D eigenvalue weighted by atomic mass is 16.2. The van der Waals surface area contributed by atoms with Crippen LogP contribution in [0, 0.1) is 13.8 Å². The van der Waals surface area contributed by atoms with Gasteiger partial charge < -0.3 is 15.5 Å². The molecule has 0 unspecified atom stereocenters. The second kappa shape index (κ2) is 7.29. The van der Waals surface area contributed by atoms with E-state index in [1.807, 2.05) is 30.9 Å². The highest BCUT2D eigenvalue weighted by Gasteiger charge is 2.21. The number of amides is 2. The first kappa shape index (κ1) is 16.3. The fourth-order valence-electron chi connectivity index (χ4n) is 2.88.